The Kier molecular flexibility index (Phi) is 6.23. The number of halogens is 1. The second-order valence-electron chi connectivity index (χ2n) is 6.09. The number of pyridine rings is 1. The molecular formula is C18H23BrN4O2. The fourth-order valence-corrected chi connectivity index (χ4v) is 3.43. The predicted octanol–water partition coefficient (Wildman–Crippen LogP) is 1.88. The highest BCUT2D eigenvalue weighted by Crippen LogP contribution is 2.25. The first-order chi connectivity index (χ1) is 12.2. The lowest BCUT2D eigenvalue weighted by molar-refractivity contribution is -0.122. The maximum Gasteiger partial charge on any atom is 0.234 e. The van der Waals surface area contributed by atoms with E-state index in [1.807, 2.05) is 12.1 Å². The monoisotopic (exact) mass is 406 g/mol. The number of aromatic nitrogens is 1. The summed E-state index contributed by atoms with van der Waals surface area (Å²) < 4.78 is 5.95. The molecule has 25 heavy (non-hydrogen) atoms. The highest BCUT2D eigenvalue weighted by Gasteiger charge is 2.20. The topological polar surface area (TPSA) is 57.7 Å². The minimum absolute atomic E-state index is 0.0539. The molecule has 1 aliphatic rings. The van der Waals surface area contributed by atoms with Crippen LogP contribution in [0.4, 0.5) is 5.82 Å². The predicted molar refractivity (Wildman–Crippen MR) is 103 cm³/mol. The number of rotatable bonds is 6. The van der Waals surface area contributed by atoms with E-state index in [1.165, 1.54) is 0 Å². The zero-order valence-corrected chi connectivity index (χ0v) is 16.0. The molecule has 0 spiro atoms. The maximum atomic E-state index is 11.9. The molecule has 0 saturated carbocycles. The van der Waals surface area contributed by atoms with Crippen LogP contribution in [-0.2, 0) is 9.53 Å². The van der Waals surface area contributed by atoms with E-state index in [9.17, 15) is 4.79 Å². The van der Waals surface area contributed by atoms with E-state index < -0.39 is 0 Å². The van der Waals surface area contributed by atoms with E-state index >= 15 is 0 Å². The van der Waals surface area contributed by atoms with E-state index in [0.29, 0.717) is 19.7 Å². The molecule has 0 unspecified atom stereocenters. The highest BCUT2D eigenvalue weighted by molar-refractivity contribution is 9.10. The van der Waals surface area contributed by atoms with Crippen LogP contribution in [0.15, 0.2) is 34.8 Å². The third-order valence-corrected chi connectivity index (χ3v) is 4.99. The number of piperazine rings is 1. The molecule has 1 aliphatic heterocycles. The normalized spacial score (nSPS) is 15.5. The Bertz CT molecular complexity index is 732. The molecule has 2 heterocycles. The van der Waals surface area contributed by atoms with Gasteiger partial charge in [0.25, 0.3) is 0 Å². The number of fused-ring (bicyclic) bond motifs is 1. The fraction of sp³-hybridized carbons (Fsp3) is 0.444. The lowest BCUT2D eigenvalue weighted by atomic mass is 10.2. The number of nitrogens with zero attached hydrogens (tertiary/aromatic N) is 3. The van der Waals surface area contributed by atoms with Crippen molar-refractivity contribution in [2.45, 2.75) is 0 Å². The molecule has 1 aromatic heterocycles. The van der Waals surface area contributed by atoms with Gasteiger partial charge in [0.15, 0.2) is 0 Å². The second-order valence-corrected chi connectivity index (χ2v) is 6.94. The number of amides is 1. The number of methoxy groups -OCH3 is 1. The highest BCUT2D eigenvalue weighted by atomic mass is 79.9. The number of hydrogen-bond acceptors (Lipinski definition) is 5. The van der Waals surface area contributed by atoms with Gasteiger partial charge in [-0.1, -0.05) is 12.1 Å². The molecular weight excluding hydrogens is 384 g/mol. The van der Waals surface area contributed by atoms with Gasteiger partial charge in [0.2, 0.25) is 5.91 Å². The van der Waals surface area contributed by atoms with Crippen LogP contribution in [0.1, 0.15) is 0 Å². The van der Waals surface area contributed by atoms with E-state index in [1.54, 1.807) is 7.11 Å². The molecule has 1 fully saturated rings. The van der Waals surface area contributed by atoms with Gasteiger partial charge in [-0.05, 0) is 34.1 Å². The Hall–Kier alpha value is -1.70. The number of nitrogens with one attached hydrogen (secondary N) is 1. The van der Waals surface area contributed by atoms with Gasteiger partial charge in [-0.3, -0.25) is 9.69 Å². The van der Waals surface area contributed by atoms with E-state index in [2.05, 4.69) is 49.2 Å². The smallest absolute Gasteiger partial charge is 0.234 e. The molecule has 2 aromatic rings. The van der Waals surface area contributed by atoms with Gasteiger partial charge in [-0.2, -0.15) is 0 Å². The van der Waals surface area contributed by atoms with Crippen molar-refractivity contribution in [1.29, 1.82) is 0 Å². The number of ether oxygens (including phenoxy) is 1. The number of anilines is 1. The molecule has 3 rings (SSSR count). The standard InChI is InChI=1S/C18H23BrN4O2/c1-25-12-7-20-17(24)13-22-8-10-23(11-9-22)16-6-5-14-3-2-4-15(19)18(14)21-16/h2-6H,7-13H2,1H3,(H,20,24). The van der Waals surface area contributed by atoms with Crippen molar-refractivity contribution < 1.29 is 9.53 Å². The molecule has 0 aliphatic carbocycles. The summed E-state index contributed by atoms with van der Waals surface area (Å²) in [7, 11) is 1.63. The van der Waals surface area contributed by atoms with Crippen molar-refractivity contribution in [3.8, 4) is 0 Å². The van der Waals surface area contributed by atoms with Gasteiger partial charge < -0.3 is 15.0 Å². The van der Waals surface area contributed by atoms with Gasteiger partial charge in [-0.25, -0.2) is 4.98 Å². The van der Waals surface area contributed by atoms with E-state index in [-0.39, 0.29) is 5.91 Å². The molecule has 6 nitrogen and oxygen atoms in total. The molecule has 1 saturated heterocycles. The first-order valence-electron chi connectivity index (χ1n) is 8.45. The number of carbonyl (C=O) groups excluding carboxylic acids is 1. The molecule has 0 bridgehead atoms. The SMILES string of the molecule is COCCNC(=O)CN1CCN(c2ccc3cccc(Br)c3n2)CC1. The summed E-state index contributed by atoms with van der Waals surface area (Å²) >= 11 is 3.57. The van der Waals surface area contributed by atoms with E-state index in [0.717, 1.165) is 47.4 Å². The van der Waals surface area contributed by atoms with Crippen LogP contribution < -0.4 is 10.2 Å². The van der Waals surface area contributed by atoms with Crippen molar-refractivity contribution in [3.63, 3.8) is 0 Å². The minimum Gasteiger partial charge on any atom is -0.383 e. The first kappa shape index (κ1) is 18.1. The Morgan fingerprint density at radius 1 is 1.24 bits per heavy atom. The van der Waals surface area contributed by atoms with Crippen LogP contribution in [0.5, 0.6) is 0 Å². The number of para-hydroxylation sites is 1. The van der Waals surface area contributed by atoms with Crippen LogP contribution in [0.3, 0.4) is 0 Å². The van der Waals surface area contributed by atoms with Crippen LogP contribution in [-0.4, -0.2) is 68.8 Å². The van der Waals surface area contributed by atoms with Crippen molar-refractivity contribution in [2.24, 2.45) is 0 Å². The Labute approximate surface area is 156 Å². The average Bonchev–Trinajstić information content (AvgIpc) is 2.63. The summed E-state index contributed by atoms with van der Waals surface area (Å²) in [4.78, 5) is 21.1. The summed E-state index contributed by atoms with van der Waals surface area (Å²) in [6, 6.07) is 10.3. The van der Waals surface area contributed by atoms with Crippen molar-refractivity contribution in [1.82, 2.24) is 15.2 Å². The third kappa shape index (κ3) is 4.68. The second kappa shape index (κ2) is 8.60. The molecule has 7 heteroatoms. The van der Waals surface area contributed by atoms with Gasteiger partial charge in [0.05, 0.1) is 18.7 Å². The number of hydrogen-bond donors (Lipinski definition) is 1. The van der Waals surface area contributed by atoms with Crippen LogP contribution in [0.25, 0.3) is 10.9 Å². The molecule has 1 N–H and O–H groups in total. The van der Waals surface area contributed by atoms with Gasteiger partial charge in [-0.15, -0.1) is 0 Å². The molecule has 1 aromatic carbocycles. The maximum absolute atomic E-state index is 11.9. The fourth-order valence-electron chi connectivity index (χ4n) is 2.96. The summed E-state index contributed by atoms with van der Waals surface area (Å²) in [5.74, 6) is 1.04. The number of carbonyl (C=O) groups is 1. The van der Waals surface area contributed by atoms with Crippen LogP contribution in [0, 0.1) is 0 Å². The first-order valence-corrected chi connectivity index (χ1v) is 9.25. The lowest BCUT2D eigenvalue weighted by Gasteiger charge is -2.35. The summed E-state index contributed by atoms with van der Waals surface area (Å²) in [6.45, 7) is 4.99. The Balaban J connectivity index is 1.55. The summed E-state index contributed by atoms with van der Waals surface area (Å²) in [6.07, 6.45) is 0. The largest absolute Gasteiger partial charge is 0.383 e. The van der Waals surface area contributed by atoms with Gasteiger partial charge >= 0.3 is 0 Å². The quantitative estimate of drug-likeness (QED) is 0.742. The average molecular weight is 407 g/mol. The zero-order chi connectivity index (χ0) is 17.6. The van der Waals surface area contributed by atoms with Gasteiger partial charge in [0, 0.05) is 49.7 Å². The lowest BCUT2D eigenvalue weighted by Crippen LogP contribution is -2.50. The third-order valence-electron chi connectivity index (χ3n) is 4.35. The van der Waals surface area contributed by atoms with Crippen molar-refractivity contribution in [3.05, 3.63) is 34.8 Å². The van der Waals surface area contributed by atoms with Crippen LogP contribution >= 0.6 is 15.9 Å². The van der Waals surface area contributed by atoms with Crippen LogP contribution in [0.2, 0.25) is 0 Å². The molecule has 0 atom stereocenters. The van der Waals surface area contributed by atoms with Crippen molar-refractivity contribution >= 4 is 38.6 Å². The Morgan fingerprint density at radius 3 is 2.80 bits per heavy atom. The molecule has 0 radical (unpaired) electrons. The minimum atomic E-state index is 0.0539. The summed E-state index contributed by atoms with van der Waals surface area (Å²) in [5, 5.41) is 3.99. The van der Waals surface area contributed by atoms with E-state index in [4.69, 9.17) is 9.72 Å². The molecule has 134 valence electrons. The van der Waals surface area contributed by atoms with Gasteiger partial charge in [0.1, 0.15) is 5.82 Å². The van der Waals surface area contributed by atoms with Crippen molar-refractivity contribution in [2.75, 3.05) is 57.9 Å². The summed E-state index contributed by atoms with van der Waals surface area (Å²) in [5.41, 5.74) is 0.986. The number of benzene rings is 1. The Morgan fingerprint density at radius 2 is 2.04 bits per heavy atom. The zero-order valence-electron chi connectivity index (χ0n) is 14.4. The molecule has 1 amide bonds.